The standard InChI is InChI=1S/C13H16N2O2/c1-8-3-4-10(9(2)5-8)7-15-12(16)6-11(14)13(15)17/h3-5,11H,6-7,14H2,1-2H3. The summed E-state index contributed by atoms with van der Waals surface area (Å²) in [5, 5.41) is 0. The largest absolute Gasteiger partial charge is 0.319 e. The Balaban J connectivity index is 2.21. The molecule has 1 aromatic rings. The van der Waals surface area contributed by atoms with Crippen LogP contribution in [0.4, 0.5) is 0 Å². The van der Waals surface area contributed by atoms with Gasteiger partial charge in [-0.3, -0.25) is 14.5 Å². The molecule has 4 nitrogen and oxygen atoms in total. The number of nitrogens with zero attached hydrogens (tertiary/aromatic N) is 1. The third-order valence-electron chi connectivity index (χ3n) is 3.11. The van der Waals surface area contributed by atoms with Crippen LogP contribution in [0.3, 0.4) is 0 Å². The van der Waals surface area contributed by atoms with Crippen LogP contribution in [0.5, 0.6) is 0 Å². The summed E-state index contributed by atoms with van der Waals surface area (Å²) in [4.78, 5) is 24.5. The van der Waals surface area contributed by atoms with Crippen molar-refractivity contribution in [2.45, 2.75) is 32.9 Å². The third kappa shape index (κ3) is 2.22. The van der Waals surface area contributed by atoms with E-state index in [2.05, 4.69) is 0 Å². The van der Waals surface area contributed by atoms with Crippen LogP contribution in [-0.4, -0.2) is 22.8 Å². The summed E-state index contributed by atoms with van der Waals surface area (Å²) in [5.74, 6) is -0.447. The third-order valence-corrected chi connectivity index (χ3v) is 3.11. The van der Waals surface area contributed by atoms with Crippen LogP contribution in [0.25, 0.3) is 0 Å². The van der Waals surface area contributed by atoms with E-state index in [1.807, 2.05) is 32.0 Å². The summed E-state index contributed by atoms with van der Waals surface area (Å²) < 4.78 is 0. The molecule has 1 aliphatic heterocycles. The summed E-state index contributed by atoms with van der Waals surface area (Å²) in [6, 6.07) is 5.32. The highest BCUT2D eigenvalue weighted by Gasteiger charge is 2.36. The van der Waals surface area contributed by atoms with Gasteiger partial charge in [-0.1, -0.05) is 23.8 Å². The van der Waals surface area contributed by atoms with Crippen LogP contribution >= 0.6 is 0 Å². The Labute approximate surface area is 100 Å². The van der Waals surface area contributed by atoms with Gasteiger partial charge < -0.3 is 5.73 Å². The second-order valence-corrected chi connectivity index (χ2v) is 4.56. The van der Waals surface area contributed by atoms with Gasteiger partial charge in [-0.25, -0.2) is 0 Å². The molecule has 1 aromatic carbocycles. The summed E-state index contributed by atoms with van der Waals surface area (Å²) in [6.45, 7) is 4.32. The molecule has 4 heteroatoms. The zero-order chi connectivity index (χ0) is 12.6. The Morgan fingerprint density at radius 1 is 1.35 bits per heavy atom. The van der Waals surface area contributed by atoms with E-state index in [1.54, 1.807) is 0 Å². The molecule has 1 aliphatic rings. The van der Waals surface area contributed by atoms with E-state index in [9.17, 15) is 9.59 Å². The van der Waals surface area contributed by atoms with Crippen LogP contribution < -0.4 is 5.73 Å². The molecule has 2 rings (SSSR count). The summed E-state index contributed by atoms with van der Waals surface area (Å²) in [5.41, 5.74) is 8.81. The minimum Gasteiger partial charge on any atom is -0.319 e. The highest BCUT2D eigenvalue weighted by molar-refractivity contribution is 6.05. The number of amides is 2. The van der Waals surface area contributed by atoms with Gasteiger partial charge in [0.05, 0.1) is 19.0 Å². The van der Waals surface area contributed by atoms with Crippen LogP contribution in [0.2, 0.25) is 0 Å². The van der Waals surface area contributed by atoms with Gasteiger partial charge >= 0.3 is 0 Å². The lowest BCUT2D eigenvalue weighted by Crippen LogP contribution is -2.34. The van der Waals surface area contributed by atoms with E-state index < -0.39 is 6.04 Å². The number of rotatable bonds is 2. The molecular weight excluding hydrogens is 216 g/mol. The molecule has 2 amide bonds. The lowest BCUT2D eigenvalue weighted by molar-refractivity contribution is -0.139. The lowest BCUT2D eigenvalue weighted by Gasteiger charge is -2.16. The quantitative estimate of drug-likeness (QED) is 0.770. The Hall–Kier alpha value is -1.68. The number of hydrogen-bond donors (Lipinski definition) is 1. The van der Waals surface area contributed by atoms with Crippen molar-refractivity contribution in [1.29, 1.82) is 0 Å². The molecule has 0 spiro atoms. The maximum Gasteiger partial charge on any atom is 0.246 e. The van der Waals surface area contributed by atoms with E-state index >= 15 is 0 Å². The summed E-state index contributed by atoms with van der Waals surface area (Å²) in [6.07, 6.45) is 0.129. The molecule has 1 saturated heterocycles. The van der Waals surface area contributed by atoms with Gasteiger partial charge in [0.25, 0.3) is 0 Å². The summed E-state index contributed by atoms with van der Waals surface area (Å²) >= 11 is 0. The van der Waals surface area contributed by atoms with Crippen molar-refractivity contribution in [3.05, 3.63) is 34.9 Å². The van der Waals surface area contributed by atoms with Gasteiger partial charge in [-0.05, 0) is 25.0 Å². The molecule has 1 unspecified atom stereocenters. The highest BCUT2D eigenvalue weighted by Crippen LogP contribution is 2.18. The second-order valence-electron chi connectivity index (χ2n) is 4.56. The molecule has 1 heterocycles. The number of benzene rings is 1. The molecule has 0 aliphatic carbocycles. The van der Waals surface area contributed by atoms with E-state index in [4.69, 9.17) is 5.73 Å². The molecule has 17 heavy (non-hydrogen) atoms. The van der Waals surface area contributed by atoms with Crippen LogP contribution in [-0.2, 0) is 16.1 Å². The predicted molar refractivity (Wildman–Crippen MR) is 64.1 cm³/mol. The normalized spacial score (nSPS) is 20.2. The Kier molecular flexibility index (Phi) is 2.98. The van der Waals surface area contributed by atoms with Gasteiger partial charge in [0, 0.05) is 0 Å². The number of likely N-dealkylation sites (tertiary alicyclic amines) is 1. The lowest BCUT2D eigenvalue weighted by atomic mass is 10.1. The molecule has 0 radical (unpaired) electrons. The van der Waals surface area contributed by atoms with Crippen LogP contribution in [0.1, 0.15) is 23.1 Å². The monoisotopic (exact) mass is 232 g/mol. The van der Waals surface area contributed by atoms with Crippen molar-refractivity contribution in [3.63, 3.8) is 0 Å². The SMILES string of the molecule is Cc1ccc(CN2C(=O)CC(N)C2=O)c(C)c1. The van der Waals surface area contributed by atoms with Crippen molar-refractivity contribution < 1.29 is 9.59 Å². The van der Waals surface area contributed by atoms with Crippen molar-refractivity contribution in [2.24, 2.45) is 5.73 Å². The van der Waals surface area contributed by atoms with Crippen LogP contribution in [0, 0.1) is 13.8 Å². The van der Waals surface area contributed by atoms with E-state index in [0.717, 1.165) is 11.1 Å². The first-order chi connectivity index (χ1) is 7.99. The first kappa shape index (κ1) is 11.8. The maximum absolute atomic E-state index is 11.7. The van der Waals surface area contributed by atoms with Gasteiger partial charge in [0.1, 0.15) is 0 Å². The number of imide groups is 1. The minimum atomic E-state index is -0.659. The molecule has 0 aromatic heterocycles. The van der Waals surface area contributed by atoms with E-state index in [1.165, 1.54) is 10.5 Å². The fraction of sp³-hybridized carbons (Fsp3) is 0.385. The smallest absolute Gasteiger partial charge is 0.246 e. The first-order valence-electron chi connectivity index (χ1n) is 5.65. The number of aryl methyl sites for hydroxylation is 2. The van der Waals surface area contributed by atoms with Crippen molar-refractivity contribution in [1.82, 2.24) is 4.90 Å². The van der Waals surface area contributed by atoms with Crippen LogP contribution in [0.15, 0.2) is 18.2 Å². The Bertz CT molecular complexity index is 482. The first-order valence-corrected chi connectivity index (χ1v) is 5.65. The maximum atomic E-state index is 11.7. The molecule has 1 atom stereocenters. The molecule has 0 bridgehead atoms. The average Bonchev–Trinajstić information content (AvgIpc) is 2.48. The number of nitrogens with two attached hydrogens (primary N) is 1. The molecule has 1 fully saturated rings. The molecular formula is C13H16N2O2. The molecule has 2 N–H and O–H groups in total. The van der Waals surface area contributed by atoms with Gasteiger partial charge in [-0.15, -0.1) is 0 Å². The van der Waals surface area contributed by atoms with Gasteiger partial charge in [0.15, 0.2) is 0 Å². The zero-order valence-corrected chi connectivity index (χ0v) is 10.1. The number of carbonyl (C=O) groups excluding carboxylic acids is 2. The van der Waals surface area contributed by atoms with Crippen molar-refractivity contribution >= 4 is 11.8 Å². The average molecular weight is 232 g/mol. The van der Waals surface area contributed by atoms with E-state index in [-0.39, 0.29) is 18.2 Å². The Morgan fingerprint density at radius 2 is 2.06 bits per heavy atom. The van der Waals surface area contributed by atoms with Crippen molar-refractivity contribution in [3.8, 4) is 0 Å². The fourth-order valence-corrected chi connectivity index (χ4v) is 2.07. The minimum absolute atomic E-state index is 0.129. The van der Waals surface area contributed by atoms with Gasteiger partial charge in [-0.2, -0.15) is 0 Å². The molecule has 0 saturated carbocycles. The summed E-state index contributed by atoms with van der Waals surface area (Å²) in [7, 11) is 0. The number of carbonyl (C=O) groups is 2. The van der Waals surface area contributed by atoms with E-state index in [0.29, 0.717) is 6.54 Å². The zero-order valence-electron chi connectivity index (χ0n) is 10.1. The predicted octanol–water partition coefficient (Wildman–Crippen LogP) is 0.890. The second kappa shape index (κ2) is 4.30. The van der Waals surface area contributed by atoms with Gasteiger partial charge in [0.2, 0.25) is 11.8 Å². The highest BCUT2D eigenvalue weighted by atomic mass is 16.2. The topological polar surface area (TPSA) is 63.4 Å². The Morgan fingerprint density at radius 3 is 2.59 bits per heavy atom. The molecule has 90 valence electrons. The fourth-order valence-electron chi connectivity index (χ4n) is 2.07. The number of hydrogen-bond acceptors (Lipinski definition) is 3. The van der Waals surface area contributed by atoms with Crippen molar-refractivity contribution in [2.75, 3.05) is 0 Å².